The minimum Gasteiger partial charge on any atom is -0.457 e. The number of benzene rings is 2. The third-order valence-corrected chi connectivity index (χ3v) is 3.71. The van der Waals surface area contributed by atoms with Crippen molar-refractivity contribution in [2.75, 3.05) is 0 Å². The Morgan fingerprint density at radius 1 is 1.00 bits per heavy atom. The standard InChI is InChI=1S/C19H18N2O2/c1-14-18(19(22)23-13-16-9-5-3-6-10-16)15(2)21(20-14)17-11-7-4-8-12-17/h3-12H,13H2,1-2H3. The van der Waals surface area contributed by atoms with Crippen LogP contribution in [0.3, 0.4) is 0 Å². The maximum Gasteiger partial charge on any atom is 0.342 e. The van der Waals surface area contributed by atoms with E-state index in [0.717, 1.165) is 16.9 Å². The summed E-state index contributed by atoms with van der Waals surface area (Å²) in [5.74, 6) is -0.342. The quantitative estimate of drug-likeness (QED) is 0.688. The van der Waals surface area contributed by atoms with Crippen molar-refractivity contribution in [1.82, 2.24) is 9.78 Å². The molecule has 0 N–H and O–H groups in total. The van der Waals surface area contributed by atoms with Crippen LogP contribution in [0, 0.1) is 13.8 Å². The van der Waals surface area contributed by atoms with Crippen molar-refractivity contribution in [3.8, 4) is 5.69 Å². The summed E-state index contributed by atoms with van der Waals surface area (Å²) < 4.78 is 7.20. The smallest absolute Gasteiger partial charge is 0.342 e. The summed E-state index contributed by atoms with van der Waals surface area (Å²) in [6.07, 6.45) is 0. The monoisotopic (exact) mass is 306 g/mol. The van der Waals surface area contributed by atoms with Crippen molar-refractivity contribution in [2.24, 2.45) is 0 Å². The second-order valence-corrected chi connectivity index (χ2v) is 5.35. The van der Waals surface area contributed by atoms with Crippen molar-refractivity contribution < 1.29 is 9.53 Å². The van der Waals surface area contributed by atoms with Crippen molar-refractivity contribution in [3.63, 3.8) is 0 Å². The number of aromatic nitrogens is 2. The van der Waals surface area contributed by atoms with E-state index in [1.165, 1.54) is 0 Å². The van der Waals surface area contributed by atoms with Gasteiger partial charge in [0.25, 0.3) is 0 Å². The molecule has 116 valence electrons. The fraction of sp³-hybridized carbons (Fsp3) is 0.158. The third-order valence-electron chi connectivity index (χ3n) is 3.71. The van der Waals surface area contributed by atoms with Gasteiger partial charge in [0.05, 0.1) is 17.1 Å². The van der Waals surface area contributed by atoms with Gasteiger partial charge < -0.3 is 4.74 Å². The van der Waals surface area contributed by atoms with Crippen LogP contribution in [0.25, 0.3) is 5.69 Å². The van der Waals surface area contributed by atoms with Gasteiger partial charge in [-0.05, 0) is 31.5 Å². The first-order valence-corrected chi connectivity index (χ1v) is 7.49. The Kier molecular flexibility index (Phi) is 4.24. The summed E-state index contributed by atoms with van der Waals surface area (Å²) in [5.41, 5.74) is 3.88. The van der Waals surface area contributed by atoms with Crippen molar-refractivity contribution in [1.29, 1.82) is 0 Å². The predicted octanol–water partition coefficient (Wildman–Crippen LogP) is 3.85. The second kappa shape index (κ2) is 6.48. The molecule has 0 aliphatic carbocycles. The summed E-state index contributed by atoms with van der Waals surface area (Å²) in [7, 11) is 0. The third kappa shape index (κ3) is 3.16. The largest absolute Gasteiger partial charge is 0.457 e. The molecule has 4 heteroatoms. The molecule has 3 rings (SSSR count). The highest BCUT2D eigenvalue weighted by atomic mass is 16.5. The van der Waals surface area contributed by atoms with Crippen LogP contribution in [0.5, 0.6) is 0 Å². The van der Waals surface area contributed by atoms with E-state index in [9.17, 15) is 4.79 Å². The molecule has 1 aromatic heterocycles. The Morgan fingerprint density at radius 3 is 2.26 bits per heavy atom. The van der Waals surface area contributed by atoms with Gasteiger partial charge in [0.1, 0.15) is 12.2 Å². The predicted molar refractivity (Wildman–Crippen MR) is 88.6 cm³/mol. The molecule has 2 aromatic carbocycles. The van der Waals surface area contributed by atoms with Crippen LogP contribution < -0.4 is 0 Å². The average molecular weight is 306 g/mol. The van der Waals surface area contributed by atoms with E-state index in [2.05, 4.69) is 5.10 Å². The number of hydrogen-bond acceptors (Lipinski definition) is 3. The highest BCUT2D eigenvalue weighted by Gasteiger charge is 2.20. The fourth-order valence-electron chi connectivity index (χ4n) is 2.55. The zero-order valence-electron chi connectivity index (χ0n) is 13.2. The first kappa shape index (κ1) is 15.0. The maximum absolute atomic E-state index is 12.4. The molecule has 0 saturated heterocycles. The lowest BCUT2D eigenvalue weighted by Crippen LogP contribution is -2.08. The fourth-order valence-corrected chi connectivity index (χ4v) is 2.55. The van der Waals surface area contributed by atoms with Crippen LogP contribution in [0.15, 0.2) is 60.7 Å². The summed E-state index contributed by atoms with van der Waals surface area (Å²) >= 11 is 0. The van der Waals surface area contributed by atoms with Crippen molar-refractivity contribution in [3.05, 3.63) is 83.2 Å². The van der Waals surface area contributed by atoms with E-state index in [4.69, 9.17) is 4.74 Å². The number of rotatable bonds is 4. The number of carbonyl (C=O) groups excluding carboxylic acids is 1. The van der Waals surface area contributed by atoms with E-state index >= 15 is 0 Å². The summed E-state index contributed by atoms with van der Waals surface area (Å²) in [5, 5.41) is 4.47. The zero-order valence-corrected chi connectivity index (χ0v) is 13.2. The Balaban J connectivity index is 1.83. The Morgan fingerprint density at radius 2 is 1.61 bits per heavy atom. The van der Waals surface area contributed by atoms with Crippen molar-refractivity contribution in [2.45, 2.75) is 20.5 Å². The van der Waals surface area contributed by atoms with Crippen LogP contribution in [0.1, 0.15) is 27.3 Å². The minimum absolute atomic E-state index is 0.259. The van der Waals surface area contributed by atoms with Gasteiger partial charge in [0.2, 0.25) is 0 Å². The molecule has 0 bridgehead atoms. The van der Waals surface area contributed by atoms with Gasteiger partial charge in [-0.2, -0.15) is 5.10 Å². The van der Waals surface area contributed by atoms with E-state index < -0.39 is 0 Å². The van der Waals surface area contributed by atoms with Gasteiger partial charge in [0.15, 0.2) is 0 Å². The number of aryl methyl sites for hydroxylation is 1. The number of ether oxygens (including phenoxy) is 1. The molecule has 0 spiro atoms. The van der Waals surface area contributed by atoms with Crippen LogP contribution in [-0.4, -0.2) is 15.7 Å². The van der Waals surface area contributed by atoms with E-state index in [1.807, 2.05) is 74.5 Å². The first-order chi connectivity index (χ1) is 11.2. The van der Waals surface area contributed by atoms with E-state index in [1.54, 1.807) is 4.68 Å². The molecule has 1 heterocycles. The van der Waals surface area contributed by atoms with Crippen LogP contribution in [-0.2, 0) is 11.3 Å². The molecule has 3 aromatic rings. The Labute approximate surface area is 135 Å². The number of esters is 1. The lowest BCUT2D eigenvalue weighted by molar-refractivity contribution is 0.0471. The molecule has 0 unspecified atom stereocenters. The molecule has 0 amide bonds. The Bertz CT molecular complexity index is 808. The topological polar surface area (TPSA) is 44.1 Å². The van der Waals surface area contributed by atoms with Crippen LogP contribution in [0.4, 0.5) is 0 Å². The van der Waals surface area contributed by atoms with Crippen LogP contribution in [0.2, 0.25) is 0 Å². The summed E-state index contributed by atoms with van der Waals surface area (Å²) in [6, 6.07) is 19.4. The Hall–Kier alpha value is -2.88. The number of hydrogen-bond donors (Lipinski definition) is 0. The normalized spacial score (nSPS) is 10.5. The minimum atomic E-state index is -0.342. The average Bonchev–Trinajstić information content (AvgIpc) is 2.89. The lowest BCUT2D eigenvalue weighted by Gasteiger charge is -2.06. The molecule has 4 nitrogen and oxygen atoms in total. The summed E-state index contributed by atoms with van der Waals surface area (Å²) in [4.78, 5) is 12.4. The second-order valence-electron chi connectivity index (χ2n) is 5.35. The SMILES string of the molecule is Cc1nn(-c2ccccc2)c(C)c1C(=O)OCc1ccccc1. The van der Waals surface area contributed by atoms with Gasteiger partial charge in [-0.15, -0.1) is 0 Å². The van der Waals surface area contributed by atoms with Gasteiger partial charge >= 0.3 is 5.97 Å². The molecule has 0 atom stereocenters. The van der Waals surface area contributed by atoms with Gasteiger partial charge in [0, 0.05) is 0 Å². The number of para-hydroxylation sites is 1. The molecule has 23 heavy (non-hydrogen) atoms. The van der Waals surface area contributed by atoms with E-state index in [0.29, 0.717) is 11.3 Å². The highest BCUT2D eigenvalue weighted by Crippen LogP contribution is 2.19. The maximum atomic E-state index is 12.4. The molecule has 0 fully saturated rings. The lowest BCUT2D eigenvalue weighted by atomic mass is 10.2. The molecule has 0 saturated carbocycles. The van der Waals surface area contributed by atoms with Gasteiger partial charge in [-0.3, -0.25) is 0 Å². The van der Waals surface area contributed by atoms with Gasteiger partial charge in [-0.1, -0.05) is 48.5 Å². The molecule has 0 aliphatic rings. The van der Waals surface area contributed by atoms with Crippen molar-refractivity contribution >= 4 is 5.97 Å². The molecular weight excluding hydrogens is 288 g/mol. The number of carbonyl (C=O) groups is 1. The number of nitrogens with zero attached hydrogens (tertiary/aromatic N) is 2. The molecular formula is C19H18N2O2. The zero-order chi connectivity index (χ0) is 16.2. The van der Waals surface area contributed by atoms with Crippen LogP contribution >= 0.6 is 0 Å². The van der Waals surface area contributed by atoms with E-state index in [-0.39, 0.29) is 12.6 Å². The highest BCUT2D eigenvalue weighted by molar-refractivity contribution is 5.92. The molecule has 0 aliphatic heterocycles. The first-order valence-electron chi connectivity index (χ1n) is 7.49. The summed E-state index contributed by atoms with van der Waals surface area (Å²) in [6.45, 7) is 3.97. The van der Waals surface area contributed by atoms with Gasteiger partial charge in [-0.25, -0.2) is 9.48 Å². The molecule has 0 radical (unpaired) electrons.